The van der Waals surface area contributed by atoms with Gasteiger partial charge >= 0.3 is 0 Å². The van der Waals surface area contributed by atoms with E-state index in [1.165, 1.54) is 4.68 Å². The fraction of sp³-hybridized carbons (Fsp3) is 0.412. The van der Waals surface area contributed by atoms with Crippen molar-refractivity contribution in [3.8, 4) is 0 Å². The van der Waals surface area contributed by atoms with Crippen molar-refractivity contribution in [2.24, 2.45) is 7.05 Å². The van der Waals surface area contributed by atoms with E-state index >= 15 is 0 Å². The van der Waals surface area contributed by atoms with E-state index in [9.17, 15) is 13.2 Å². The van der Waals surface area contributed by atoms with Gasteiger partial charge in [0.15, 0.2) is 0 Å². The maximum atomic E-state index is 12.4. The zero-order valence-corrected chi connectivity index (χ0v) is 16.2. The van der Waals surface area contributed by atoms with E-state index in [0.717, 1.165) is 5.56 Å². The molecule has 0 aliphatic heterocycles. The molecule has 0 unspecified atom stereocenters. The van der Waals surface area contributed by atoms with Gasteiger partial charge in [0.2, 0.25) is 0 Å². The largest absolute Gasteiger partial charge is 0.273 e. The molecule has 0 bridgehead atoms. The maximum Gasteiger partial charge on any atom is 0.266 e. The Labute approximate surface area is 148 Å². The van der Waals surface area contributed by atoms with E-state index in [2.05, 4.69) is 36.1 Å². The number of nitrogens with zero attached hydrogens (tertiary/aromatic N) is 2. The number of amides is 1. The number of aryl methyl sites for hydroxylation is 2. The zero-order chi connectivity index (χ0) is 19.0. The van der Waals surface area contributed by atoms with E-state index < -0.39 is 15.9 Å². The minimum absolute atomic E-state index is 0.0219. The molecule has 0 radical (unpaired) electrons. The van der Waals surface area contributed by atoms with Gasteiger partial charge in [-0.05, 0) is 37.0 Å². The molecule has 0 saturated heterocycles. The fourth-order valence-electron chi connectivity index (χ4n) is 2.50. The van der Waals surface area contributed by atoms with Crippen molar-refractivity contribution in [1.29, 1.82) is 0 Å². The quantitative estimate of drug-likeness (QED) is 0.811. The second kappa shape index (κ2) is 6.61. The van der Waals surface area contributed by atoms with Crippen LogP contribution in [0.15, 0.2) is 29.2 Å². The van der Waals surface area contributed by atoms with E-state index in [1.807, 2.05) is 12.1 Å². The summed E-state index contributed by atoms with van der Waals surface area (Å²) in [5.41, 5.74) is 4.55. The maximum absolute atomic E-state index is 12.4. The molecule has 0 fully saturated rings. The SMILES string of the molecule is Cc1nn(C)c(C)c1S(=O)(=O)NNC(=O)c1ccc(C(C)(C)C)cc1. The molecule has 25 heavy (non-hydrogen) atoms. The van der Waals surface area contributed by atoms with Crippen LogP contribution in [0.2, 0.25) is 0 Å². The summed E-state index contributed by atoms with van der Waals surface area (Å²) in [6, 6.07) is 7.06. The molecule has 1 aromatic heterocycles. The fourth-order valence-corrected chi connectivity index (χ4v) is 3.78. The monoisotopic (exact) mass is 364 g/mol. The minimum atomic E-state index is -3.90. The average Bonchev–Trinajstić information content (AvgIpc) is 2.77. The van der Waals surface area contributed by atoms with Crippen LogP contribution in [0.4, 0.5) is 0 Å². The Balaban J connectivity index is 2.14. The van der Waals surface area contributed by atoms with Gasteiger partial charge < -0.3 is 0 Å². The molecule has 0 atom stereocenters. The third kappa shape index (κ3) is 4.08. The Morgan fingerprint density at radius 3 is 2.12 bits per heavy atom. The van der Waals surface area contributed by atoms with Crippen LogP contribution in [0.25, 0.3) is 0 Å². The van der Waals surface area contributed by atoms with Crippen LogP contribution in [0.1, 0.15) is 48.1 Å². The van der Waals surface area contributed by atoms with Crippen LogP contribution < -0.4 is 10.3 Å². The summed E-state index contributed by atoms with van der Waals surface area (Å²) in [6.45, 7) is 9.49. The molecule has 2 N–H and O–H groups in total. The Hall–Kier alpha value is -2.19. The number of aromatic nitrogens is 2. The van der Waals surface area contributed by atoms with Gasteiger partial charge in [-0.15, -0.1) is 4.83 Å². The van der Waals surface area contributed by atoms with Gasteiger partial charge in [-0.3, -0.25) is 14.9 Å². The lowest BCUT2D eigenvalue weighted by molar-refractivity contribution is 0.0945. The Morgan fingerprint density at radius 1 is 1.12 bits per heavy atom. The third-order valence-corrected chi connectivity index (χ3v) is 5.52. The molecule has 0 aliphatic rings. The molecule has 0 spiro atoms. The molecule has 0 aliphatic carbocycles. The molecule has 7 nitrogen and oxygen atoms in total. The molecular weight excluding hydrogens is 340 g/mol. The van der Waals surface area contributed by atoms with Gasteiger partial charge in [0.05, 0.1) is 11.4 Å². The van der Waals surface area contributed by atoms with Gasteiger partial charge in [0.25, 0.3) is 15.9 Å². The van der Waals surface area contributed by atoms with E-state index in [4.69, 9.17) is 0 Å². The van der Waals surface area contributed by atoms with Gasteiger partial charge in [-0.25, -0.2) is 8.42 Å². The Bertz CT molecular complexity index is 891. The molecule has 136 valence electrons. The number of nitrogens with one attached hydrogen (secondary N) is 2. The van der Waals surface area contributed by atoms with Crippen molar-refractivity contribution < 1.29 is 13.2 Å². The number of rotatable bonds is 4. The second-order valence-electron chi connectivity index (χ2n) is 7.01. The summed E-state index contributed by atoms with van der Waals surface area (Å²) in [4.78, 5) is 14.4. The van der Waals surface area contributed by atoms with Crippen molar-refractivity contribution in [3.63, 3.8) is 0 Å². The van der Waals surface area contributed by atoms with Crippen molar-refractivity contribution >= 4 is 15.9 Å². The van der Waals surface area contributed by atoms with E-state index in [1.54, 1.807) is 33.0 Å². The van der Waals surface area contributed by atoms with Gasteiger partial charge in [0, 0.05) is 12.6 Å². The zero-order valence-electron chi connectivity index (χ0n) is 15.3. The summed E-state index contributed by atoms with van der Waals surface area (Å²) < 4.78 is 26.3. The average molecular weight is 364 g/mol. The highest BCUT2D eigenvalue weighted by molar-refractivity contribution is 7.89. The van der Waals surface area contributed by atoms with Gasteiger partial charge in [-0.1, -0.05) is 32.9 Å². The van der Waals surface area contributed by atoms with E-state index in [0.29, 0.717) is 17.0 Å². The number of carbonyl (C=O) groups excluding carboxylic acids is 1. The molecule has 1 amide bonds. The first-order valence-corrected chi connectivity index (χ1v) is 9.34. The lowest BCUT2D eigenvalue weighted by Crippen LogP contribution is -2.41. The molecule has 1 heterocycles. The lowest BCUT2D eigenvalue weighted by Gasteiger charge is -2.19. The predicted molar refractivity (Wildman–Crippen MR) is 95.6 cm³/mol. The highest BCUT2D eigenvalue weighted by Crippen LogP contribution is 2.22. The summed E-state index contributed by atoms with van der Waals surface area (Å²) in [6.07, 6.45) is 0. The molecular formula is C17H24N4O3S. The van der Waals surface area contributed by atoms with Crippen molar-refractivity contribution in [2.75, 3.05) is 0 Å². The van der Waals surface area contributed by atoms with Crippen molar-refractivity contribution in [1.82, 2.24) is 20.0 Å². The van der Waals surface area contributed by atoms with Crippen LogP contribution in [-0.2, 0) is 22.5 Å². The summed E-state index contributed by atoms with van der Waals surface area (Å²) in [5.74, 6) is -0.525. The molecule has 8 heteroatoms. The molecule has 1 aromatic carbocycles. The minimum Gasteiger partial charge on any atom is -0.273 e. The van der Waals surface area contributed by atoms with Crippen LogP contribution >= 0.6 is 0 Å². The summed E-state index contributed by atoms with van der Waals surface area (Å²) in [5, 5.41) is 4.08. The number of benzene rings is 1. The normalized spacial score (nSPS) is 12.2. The lowest BCUT2D eigenvalue weighted by atomic mass is 9.87. The third-order valence-electron chi connectivity index (χ3n) is 4.02. The first kappa shape index (κ1) is 19.1. The topological polar surface area (TPSA) is 93.1 Å². The molecule has 2 aromatic rings. The standard InChI is InChI=1S/C17H24N4O3S/c1-11-15(12(2)21(6)19-11)25(23,24)20-18-16(22)13-7-9-14(10-8-13)17(3,4)5/h7-10,20H,1-6H3,(H,18,22). The summed E-state index contributed by atoms with van der Waals surface area (Å²) in [7, 11) is -2.24. The Morgan fingerprint density at radius 2 is 1.68 bits per heavy atom. The Kier molecular flexibility index (Phi) is 5.06. The van der Waals surface area contributed by atoms with Crippen LogP contribution in [0, 0.1) is 13.8 Å². The predicted octanol–water partition coefficient (Wildman–Crippen LogP) is 1.96. The van der Waals surface area contributed by atoms with E-state index in [-0.39, 0.29) is 10.3 Å². The highest BCUT2D eigenvalue weighted by Gasteiger charge is 2.24. The smallest absolute Gasteiger partial charge is 0.266 e. The van der Waals surface area contributed by atoms with Crippen molar-refractivity contribution in [2.45, 2.75) is 44.9 Å². The number of hydrogen-bond acceptors (Lipinski definition) is 4. The number of hydrogen-bond donors (Lipinski definition) is 2. The highest BCUT2D eigenvalue weighted by atomic mass is 32.2. The molecule has 0 saturated carbocycles. The first-order valence-electron chi connectivity index (χ1n) is 7.86. The molecule has 2 rings (SSSR count). The first-order chi connectivity index (χ1) is 11.4. The number of carbonyl (C=O) groups is 1. The van der Waals surface area contributed by atoms with Crippen LogP contribution in [0.3, 0.4) is 0 Å². The van der Waals surface area contributed by atoms with Gasteiger partial charge in [-0.2, -0.15) is 5.10 Å². The summed E-state index contributed by atoms with van der Waals surface area (Å²) >= 11 is 0. The number of hydrazine groups is 1. The number of sulfonamides is 1. The van der Waals surface area contributed by atoms with Crippen LogP contribution in [-0.4, -0.2) is 24.1 Å². The van der Waals surface area contributed by atoms with Crippen LogP contribution in [0.5, 0.6) is 0 Å². The van der Waals surface area contributed by atoms with Crippen molar-refractivity contribution in [3.05, 3.63) is 46.8 Å². The second-order valence-corrected chi connectivity index (χ2v) is 8.63. The van der Waals surface area contributed by atoms with Gasteiger partial charge in [0.1, 0.15) is 4.90 Å².